The molecule has 10 N–H and O–H groups in total. The van der Waals surface area contributed by atoms with E-state index < -0.39 is 53.7 Å². The molecule has 13 heteroatoms. The van der Waals surface area contributed by atoms with Gasteiger partial charge in [-0.1, -0.05) is 0 Å². The van der Waals surface area contributed by atoms with Crippen LogP contribution in [0.15, 0.2) is 0 Å². The molecule has 182 valence electrons. The van der Waals surface area contributed by atoms with Crippen molar-refractivity contribution in [1.29, 1.82) is 0 Å². The van der Waals surface area contributed by atoms with Crippen molar-refractivity contribution in [1.82, 2.24) is 21.3 Å². The van der Waals surface area contributed by atoms with Gasteiger partial charge in [0.15, 0.2) is 0 Å². The molecule has 32 heavy (non-hydrogen) atoms. The molecule has 0 fully saturated rings. The summed E-state index contributed by atoms with van der Waals surface area (Å²) in [5.74, 6) is -3.48. The maximum atomic E-state index is 12.5. The van der Waals surface area contributed by atoms with Crippen LogP contribution in [0.5, 0.6) is 0 Å². The van der Waals surface area contributed by atoms with Gasteiger partial charge in [0, 0.05) is 19.9 Å². The molecule has 0 bridgehead atoms. The van der Waals surface area contributed by atoms with E-state index in [1.54, 1.807) is 0 Å². The van der Waals surface area contributed by atoms with E-state index in [0.29, 0.717) is 19.4 Å². The van der Waals surface area contributed by atoms with E-state index in [1.165, 1.54) is 20.8 Å². The fourth-order valence-corrected chi connectivity index (χ4v) is 2.52. The van der Waals surface area contributed by atoms with Crippen molar-refractivity contribution in [3.05, 3.63) is 0 Å². The van der Waals surface area contributed by atoms with Crippen LogP contribution in [0.25, 0.3) is 0 Å². The van der Waals surface area contributed by atoms with Crippen molar-refractivity contribution in [2.45, 2.75) is 77.0 Å². The Morgan fingerprint density at radius 3 is 1.91 bits per heavy atom. The number of nitrogens with one attached hydrogen (secondary N) is 4. The molecule has 0 aliphatic carbocycles. The molecule has 4 atom stereocenters. The monoisotopic (exact) mass is 457 g/mol. The first-order valence-electron chi connectivity index (χ1n) is 10.3. The third kappa shape index (κ3) is 12.5. The van der Waals surface area contributed by atoms with Gasteiger partial charge in [-0.05, 0) is 39.5 Å². The van der Waals surface area contributed by atoms with Crippen molar-refractivity contribution < 1.29 is 28.8 Å². The molecule has 0 rings (SSSR count). The molecule has 0 spiro atoms. The molecule has 0 aliphatic rings. The zero-order valence-corrected chi connectivity index (χ0v) is 18.7. The van der Waals surface area contributed by atoms with E-state index in [0.717, 1.165) is 0 Å². The second-order valence-corrected chi connectivity index (χ2v) is 7.52. The van der Waals surface area contributed by atoms with E-state index in [1.807, 2.05) is 0 Å². The number of rotatable bonds is 15. The summed E-state index contributed by atoms with van der Waals surface area (Å²) in [6.07, 6.45) is 1.01. The van der Waals surface area contributed by atoms with Gasteiger partial charge in [-0.2, -0.15) is 0 Å². The molecule has 0 radical (unpaired) electrons. The lowest BCUT2D eigenvalue weighted by molar-refractivity contribution is -0.131. The van der Waals surface area contributed by atoms with Crippen molar-refractivity contribution in [3.8, 4) is 0 Å². The van der Waals surface area contributed by atoms with Gasteiger partial charge in [0.2, 0.25) is 35.4 Å². The molecule has 0 aromatic carbocycles. The first-order valence-corrected chi connectivity index (χ1v) is 10.3. The molecule has 0 aromatic rings. The fourth-order valence-electron chi connectivity index (χ4n) is 2.52. The largest absolute Gasteiger partial charge is 0.368 e. The number of primary amides is 2. The summed E-state index contributed by atoms with van der Waals surface area (Å²) in [6, 6.07) is -3.86. The standard InChI is InChI=1S/C19H35N7O6/c1-10(20)18(31)26-13(17(22)30)7-8-15(28)25-14(6-4-5-9-23-12(3)27)19(32)24-11(2)16(21)29/h10-11,13-14H,4-9,20H2,1-3H3,(H2,21,29)(H2,22,30)(H,23,27)(H,24,32)(H,25,28)(H,26,31)/t10-,11+,13+,14-/m0/s1. The number of nitrogens with two attached hydrogens (primary N) is 3. The quantitative estimate of drug-likeness (QED) is 0.125. The Hall–Kier alpha value is -3.22. The summed E-state index contributed by atoms with van der Waals surface area (Å²) in [7, 11) is 0. The number of unbranched alkanes of at least 4 members (excludes halogenated alkanes) is 1. The van der Waals surface area contributed by atoms with Crippen molar-refractivity contribution in [3.63, 3.8) is 0 Å². The second-order valence-electron chi connectivity index (χ2n) is 7.52. The van der Waals surface area contributed by atoms with Crippen LogP contribution in [0.4, 0.5) is 0 Å². The number of hydrogen-bond acceptors (Lipinski definition) is 7. The highest BCUT2D eigenvalue weighted by Gasteiger charge is 2.25. The van der Waals surface area contributed by atoms with Gasteiger partial charge in [0.1, 0.15) is 18.1 Å². The van der Waals surface area contributed by atoms with Gasteiger partial charge in [0.05, 0.1) is 6.04 Å². The maximum Gasteiger partial charge on any atom is 0.243 e. The maximum absolute atomic E-state index is 12.5. The predicted octanol–water partition coefficient (Wildman–Crippen LogP) is -3.13. The summed E-state index contributed by atoms with van der Waals surface area (Å²) in [5.41, 5.74) is 15.9. The molecular weight excluding hydrogens is 422 g/mol. The SMILES string of the molecule is CC(=O)NCCCC[C@H](NC(=O)CC[C@@H](NC(=O)[C@H](C)N)C(N)=O)C(=O)N[C@H](C)C(N)=O. The summed E-state index contributed by atoms with van der Waals surface area (Å²) < 4.78 is 0. The smallest absolute Gasteiger partial charge is 0.243 e. The average molecular weight is 458 g/mol. The Morgan fingerprint density at radius 2 is 1.41 bits per heavy atom. The van der Waals surface area contributed by atoms with E-state index in [-0.39, 0.29) is 25.2 Å². The Bertz CT molecular complexity index is 698. The molecule has 0 unspecified atom stereocenters. The molecule has 0 saturated heterocycles. The first-order chi connectivity index (χ1) is 14.8. The molecule has 13 nitrogen and oxygen atoms in total. The van der Waals surface area contributed by atoms with Crippen molar-refractivity contribution in [2.75, 3.05) is 6.54 Å². The van der Waals surface area contributed by atoms with Gasteiger partial charge in [-0.25, -0.2) is 0 Å². The first kappa shape index (κ1) is 28.8. The summed E-state index contributed by atoms with van der Waals surface area (Å²) in [6.45, 7) is 4.64. The Balaban J connectivity index is 4.94. The van der Waals surface area contributed by atoms with Gasteiger partial charge in [0.25, 0.3) is 0 Å². The Morgan fingerprint density at radius 1 is 0.781 bits per heavy atom. The minimum atomic E-state index is -1.10. The van der Waals surface area contributed by atoms with Crippen molar-refractivity contribution in [2.24, 2.45) is 17.2 Å². The highest BCUT2D eigenvalue weighted by Crippen LogP contribution is 2.05. The van der Waals surface area contributed by atoms with Crippen LogP contribution in [-0.2, 0) is 28.8 Å². The van der Waals surface area contributed by atoms with Crippen LogP contribution in [-0.4, -0.2) is 66.2 Å². The van der Waals surface area contributed by atoms with E-state index >= 15 is 0 Å². The van der Waals surface area contributed by atoms with Gasteiger partial charge >= 0.3 is 0 Å². The number of hydrogen-bond donors (Lipinski definition) is 7. The second kappa shape index (κ2) is 14.7. The lowest BCUT2D eigenvalue weighted by atomic mass is 10.1. The van der Waals surface area contributed by atoms with Crippen LogP contribution in [0.1, 0.15) is 52.9 Å². The van der Waals surface area contributed by atoms with E-state index in [2.05, 4.69) is 21.3 Å². The lowest BCUT2D eigenvalue weighted by Gasteiger charge is -2.21. The van der Waals surface area contributed by atoms with E-state index in [4.69, 9.17) is 17.2 Å². The van der Waals surface area contributed by atoms with Crippen LogP contribution in [0, 0.1) is 0 Å². The average Bonchev–Trinajstić information content (AvgIpc) is 2.68. The van der Waals surface area contributed by atoms with Crippen LogP contribution in [0.2, 0.25) is 0 Å². The van der Waals surface area contributed by atoms with Gasteiger partial charge in [-0.3, -0.25) is 28.8 Å². The zero-order chi connectivity index (χ0) is 24.8. The third-order valence-electron chi connectivity index (χ3n) is 4.46. The zero-order valence-electron chi connectivity index (χ0n) is 18.7. The highest BCUT2D eigenvalue weighted by atomic mass is 16.2. The van der Waals surface area contributed by atoms with Gasteiger partial charge < -0.3 is 38.5 Å². The normalized spacial score (nSPS) is 14.2. The summed E-state index contributed by atoms with van der Waals surface area (Å²) in [4.78, 5) is 70.2. The molecule has 0 aliphatic heterocycles. The Labute approximate surface area is 186 Å². The Kier molecular flexibility index (Phi) is 13.2. The molecule has 0 aromatic heterocycles. The molecule has 0 saturated carbocycles. The van der Waals surface area contributed by atoms with Crippen molar-refractivity contribution >= 4 is 35.4 Å². The molecular formula is C19H35N7O6. The van der Waals surface area contributed by atoms with Crippen LogP contribution in [0.3, 0.4) is 0 Å². The summed E-state index contributed by atoms with van der Waals surface area (Å²) in [5, 5.41) is 9.96. The topological polar surface area (TPSA) is 229 Å². The lowest BCUT2D eigenvalue weighted by Crippen LogP contribution is -2.52. The highest BCUT2D eigenvalue weighted by molar-refractivity contribution is 5.92. The number of amides is 6. The number of carbonyl (C=O) groups excluding carboxylic acids is 6. The van der Waals surface area contributed by atoms with Crippen LogP contribution < -0.4 is 38.5 Å². The summed E-state index contributed by atoms with van der Waals surface area (Å²) >= 11 is 0. The van der Waals surface area contributed by atoms with Gasteiger partial charge in [-0.15, -0.1) is 0 Å². The predicted molar refractivity (Wildman–Crippen MR) is 115 cm³/mol. The minimum absolute atomic E-state index is 0.0891. The third-order valence-corrected chi connectivity index (χ3v) is 4.46. The number of carbonyl (C=O) groups is 6. The van der Waals surface area contributed by atoms with E-state index in [9.17, 15) is 28.8 Å². The molecule has 6 amide bonds. The minimum Gasteiger partial charge on any atom is -0.368 e. The van der Waals surface area contributed by atoms with Crippen LogP contribution >= 0.6 is 0 Å². The fraction of sp³-hybridized carbons (Fsp3) is 0.684. The molecule has 0 heterocycles.